The van der Waals surface area contributed by atoms with E-state index in [-0.39, 0.29) is 5.56 Å². The first kappa shape index (κ1) is 13.8. The Balaban J connectivity index is 0.000000385. The summed E-state index contributed by atoms with van der Waals surface area (Å²) in [4.78, 5) is 0. The Labute approximate surface area is 94.7 Å². The second-order valence-corrected chi connectivity index (χ2v) is 2.94. The number of nitrogens with one attached hydrogen (secondary N) is 2. The predicted molar refractivity (Wildman–Crippen MR) is 64.3 cm³/mol. The maximum absolute atomic E-state index is 12.7. The van der Waals surface area contributed by atoms with Crippen LogP contribution in [0.1, 0.15) is 12.5 Å². The van der Waals surface area contributed by atoms with Crippen LogP contribution in [0.5, 0.6) is 0 Å². The summed E-state index contributed by atoms with van der Waals surface area (Å²) in [7, 11) is 1.72. The molecular weight excluding hydrogens is 205 g/mol. The maximum atomic E-state index is 12.7. The number of allylic oxidation sites excluding steroid dienone is 1. The zero-order chi connectivity index (χ0) is 12.6. The third-order valence-electron chi connectivity index (χ3n) is 1.68. The van der Waals surface area contributed by atoms with Gasteiger partial charge in [-0.1, -0.05) is 6.58 Å². The molecule has 1 aromatic rings. The summed E-state index contributed by atoms with van der Waals surface area (Å²) in [6.07, 6.45) is 1.50. The lowest BCUT2D eigenvalue weighted by atomic mass is 10.2. The molecule has 4 heteroatoms. The first-order chi connectivity index (χ1) is 7.54. The molecule has 0 fully saturated rings. The van der Waals surface area contributed by atoms with E-state index in [1.54, 1.807) is 26.1 Å². The number of nitriles is 1. The molecule has 1 rings (SSSR count). The van der Waals surface area contributed by atoms with Crippen molar-refractivity contribution < 1.29 is 4.39 Å². The molecule has 0 aromatic heterocycles. The van der Waals surface area contributed by atoms with Crippen LogP contribution in [0.25, 0.3) is 0 Å². The molecule has 3 nitrogen and oxygen atoms in total. The van der Waals surface area contributed by atoms with Gasteiger partial charge in [0.15, 0.2) is 0 Å². The first-order valence-corrected chi connectivity index (χ1v) is 4.60. The molecule has 0 saturated heterocycles. The molecule has 2 N–H and O–H groups in total. The number of anilines is 1. The molecule has 16 heavy (non-hydrogen) atoms. The zero-order valence-electron chi connectivity index (χ0n) is 9.34. The molecule has 0 heterocycles. The SMILES string of the molecule is C=CC(C)=N.CNc1ccc(F)c(C#N)c1. The molecule has 0 radical (unpaired) electrons. The van der Waals surface area contributed by atoms with E-state index < -0.39 is 5.82 Å². The third kappa shape index (κ3) is 4.91. The van der Waals surface area contributed by atoms with E-state index in [4.69, 9.17) is 10.7 Å². The fraction of sp³-hybridized carbons (Fsp3) is 0.167. The lowest BCUT2D eigenvalue weighted by molar-refractivity contribution is 0.624. The van der Waals surface area contributed by atoms with Gasteiger partial charge in [0.05, 0.1) is 5.56 Å². The van der Waals surface area contributed by atoms with Crippen LogP contribution in [-0.4, -0.2) is 12.8 Å². The molecule has 0 amide bonds. The Morgan fingerprint density at radius 2 is 2.19 bits per heavy atom. The molecule has 0 atom stereocenters. The first-order valence-electron chi connectivity index (χ1n) is 4.60. The number of nitrogens with zero attached hydrogens (tertiary/aromatic N) is 1. The number of rotatable bonds is 2. The average molecular weight is 219 g/mol. The van der Waals surface area contributed by atoms with Crippen LogP contribution in [0.2, 0.25) is 0 Å². The normalized spacial score (nSPS) is 8.12. The standard InChI is InChI=1S/C8H7FN2.C4H7N/c1-11-7-2-3-8(9)6(4-7)5-10;1-3-4(2)5/h2-4,11H,1H3;3,5H,1H2,2H3. The van der Waals surface area contributed by atoms with Crippen molar-refractivity contribution in [2.24, 2.45) is 0 Å². The summed E-state index contributed by atoms with van der Waals surface area (Å²) < 4.78 is 12.7. The van der Waals surface area contributed by atoms with E-state index in [2.05, 4.69) is 11.9 Å². The molecule has 0 spiro atoms. The second kappa shape index (κ2) is 7.18. The molecule has 0 saturated carbocycles. The van der Waals surface area contributed by atoms with Crippen molar-refractivity contribution in [3.63, 3.8) is 0 Å². The minimum Gasteiger partial charge on any atom is -0.388 e. The van der Waals surface area contributed by atoms with Crippen molar-refractivity contribution in [3.05, 3.63) is 42.2 Å². The van der Waals surface area contributed by atoms with Gasteiger partial charge in [-0.2, -0.15) is 5.26 Å². The summed E-state index contributed by atoms with van der Waals surface area (Å²) in [5.74, 6) is -0.480. The molecule has 0 bridgehead atoms. The third-order valence-corrected chi connectivity index (χ3v) is 1.68. The summed E-state index contributed by atoms with van der Waals surface area (Å²) in [5, 5.41) is 17.9. The topological polar surface area (TPSA) is 59.7 Å². The summed E-state index contributed by atoms with van der Waals surface area (Å²) in [6, 6.07) is 6.07. The zero-order valence-corrected chi connectivity index (χ0v) is 9.34. The number of hydrogen-bond acceptors (Lipinski definition) is 3. The maximum Gasteiger partial charge on any atom is 0.141 e. The molecule has 84 valence electrons. The van der Waals surface area contributed by atoms with Crippen molar-refractivity contribution in [1.29, 1.82) is 10.7 Å². The van der Waals surface area contributed by atoms with E-state index >= 15 is 0 Å². The fourth-order valence-corrected chi connectivity index (χ4v) is 0.766. The number of hydrogen-bond donors (Lipinski definition) is 2. The fourth-order valence-electron chi connectivity index (χ4n) is 0.766. The van der Waals surface area contributed by atoms with Gasteiger partial charge < -0.3 is 10.7 Å². The molecule has 0 aliphatic rings. The van der Waals surface area contributed by atoms with Crippen LogP contribution in [0.3, 0.4) is 0 Å². The average Bonchev–Trinajstić information content (AvgIpc) is 2.30. The van der Waals surface area contributed by atoms with Crippen LogP contribution in [-0.2, 0) is 0 Å². The highest BCUT2D eigenvalue weighted by molar-refractivity contribution is 5.89. The molecule has 0 aliphatic carbocycles. The Morgan fingerprint density at radius 1 is 1.62 bits per heavy atom. The van der Waals surface area contributed by atoms with Gasteiger partial charge in [-0.05, 0) is 31.2 Å². The van der Waals surface area contributed by atoms with Crippen LogP contribution >= 0.6 is 0 Å². The van der Waals surface area contributed by atoms with Crippen molar-refractivity contribution >= 4 is 11.4 Å². The van der Waals surface area contributed by atoms with Crippen LogP contribution in [0.15, 0.2) is 30.9 Å². The Hall–Kier alpha value is -2.15. The lowest BCUT2D eigenvalue weighted by Gasteiger charge is -1.99. The van der Waals surface area contributed by atoms with Gasteiger partial charge in [0.1, 0.15) is 11.9 Å². The van der Waals surface area contributed by atoms with Crippen molar-refractivity contribution in [2.75, 3.05) is 12.4 Å². The van der Waals surface area contributed by atoms with E-state index in [9.17, 15) is 4.39 Å². The van der Waals surface area contributed by atoms with E-state index in [0.29, 0.717) is 5.71 Å². The monoisotopic (exact) mass is 219 g/mol. The highest BCUT2D eigenvalue weighted by Crippen LogP contribution is 2.12. The van der Waals surface area contributed by atoms with Gasteiger partial charge in [-0.3, -0.25) is 0 Å². The molecule has 0 unspecified atom stereocenters. The van der Waals surface area contributed by atoms with E-state index in [0.717, 1.165) is 5.69 Å². The number of halogens is 1. The highest BCUT2D eigenvalue weighted by Gasteiger charge is 1.99. The van der Waals surface area contributed by atoms with Gasteiger partial charge >= 0.3 is 0 Å². The summed E-state index contributed by atoms with van der Waals surface area (Å²) in [6.45, 7) is 5.02. The van der Waals surface area contributed by atoms with E-state index in [1.807, 2.05) is 0 Å². The lowest BCUT2D eigenvalue weighted by Crippen LogP contribution is -1.90. The van der Waals surface area contributed by atoms with Crippen LogP contribution in [0, 0.1) is 22.6 Å². The van der Waals surface area contributed by atoms with E-state index in [1.165, 1.54) is 18.2 Å². The minimum absolute atomic E-state index is 0.0665. The number of benzene rings is 1. The smallest absolute Gasteiger partial charge is 0.141 e. The van der Waals surface area contributed by atoms with Gasteiger partial charge in [-0.15, -0.1) is 0 Å². The van der Waals surface area contributed by atoms with Crippen LogP contribution < -0.4 is 5.32 Å². The second-order valence-electron chi connectivity index (χ2n) is 2.94. The molecule has 0 aliphatic heterocycles. The quantitative estimate of drug-likeness (QED) is 0.751. The highest BCUT2D eigenvalue weighted by atomic mass is 19.1. The predicted octanol–water partition coefficient (Wildman–Crippen LogP) is 2.95. The van der Waals surface area contributed by atoms with Crippen LogP contribution in [0.4, 0.5) is 10.1 Å². The largest absolute Gasteiger partial charge is 0.388 e. The molecular formula is C12H14FN3. The van der Waals surface area contributed by atoms with Gasteiger partial charge in [0.2, 0.25) is 0 Å². The Bertz CT molecular complexity index is 419. The van der Waals surface area contributed by atoms with Crippen molar-refractivity contribution in [1.82, 2.24) is 0 Å². The Morgan fingerprint density at radius 3 is 2.56 bits per heavy atom. The van der Waals surface area contributed by atoms with Crippen molar-refractivity contribution in [2.45, 2.75) is 6.92 Å². The minimum atomic E-state index is -0.480. The summed E-state index contributed by atoms with van der Waals surface area (Å²) in [5.41, 5.74) is 1.32. The Kier molecular flexibility index (Phi) is 6.22. The van der Waals surface area contributed by atoms with Gasteiger partial charge in [-0.25, -0.2) is 4.39 Å². The molecule has 1 aromatic carbocycles. The van der Waals surface area contributed by atoms with Gasteiger partial charge in [0.25, 0.3) is 0 Å². The van der Waals surface area contributed by atoms with Gasteiger partial charge in [0, 0.05) is 18.4 Å². The summed E-state index contributed by atoms with van der Waals surface area (Å²) >= 11 is 0. The van der Waals surface area contributed by atoms with Crippen molar-refractivity contribution in [3.8, 4) is 6.07 Å².